The van der Waals surface area contributed by atoms with Crippen LogP contribution in [-0.4, -0.2) is 9.97 Å². The molecule has 21 heavy (non-hydrogen) atoms. The van der Waals surface area contributed by atoms with Gasteiger partial charge in [0.2, 0.25) is 0 Å². The largest absolute Gasteiger partial charge is 0.325 e. The minimum Gasteiger partial charge on any atom is -0.311 e. The standard InChI is InChI=1S/C17H16N2O2/c1-2-14-15(18-17(21)19-16(14)20)10-11-7-8-12-5-3-4-6-13(12)9-11/h3-9H,2,10H2,1H3,(H2,18,19,20,21). The van der Waals surface area contributed by atoms with Crippen LogP contribution in [0.1, 0.15) is 23.7 Å². The Morgan fingerprint density at radius 1 is 0.952 bits per heavy atom. The summed E-state index contributed by atoms with van der Waals surface area (Å²) in [5.74, 6) is 0. The molecule has 0 radical (unpaired) electrons. The minimum atomic E-state index is -0.451. The Balaban J connectivity index is 2.06. The Hall–Kier alpha value is -2.62. The molecule has 4 heteroatoms. The average Bonchev–Trinajstić information content (AvgIpc) is 2.47. The maximum atomic E-state index is 11.8. The lowest BCUT2D eigenvalue weighted by atomic mass is 10.0. The van der Waals surface area contributed by atoms with Crippen LogP contribution < -0.4 is 11.2 Å². The van der Waals surface area contributed by atoms with Crippen LogP contribution in [0.25, 0.3) is 10.8 Å². The third kappa shape index (κ3) is 2.65. The highest BCUT2D eigenvalue weighted by Gasteiger charge is 2.08. The molecular weight excluding hydrogens is 264 g/mol. The van der Waals surface area contributed by atoms with E-state index in [1.165, 1.54) is 5.39 Å². The van der Waals surface area contributed by atoms with Gasteiger partial charge in [0.1, 0.15) is 0 Å². The van der Waals surface area contributed by atoms with E-state index < -0.39 is 5.69 Å². The third-order valence-electron chi connectivity index (χ3n) is 3.68. The van der Waals surface area contributed by atoms with E-state index in [9.17, 15) is 9.59 Å². The highest BCUT2D eigenvalue weighted by molar-refractivity contribution is 5.83. The summed E-state index contributed by atoms with van der Waals surface area (Å²) in [4.78, 5) is 28.3. The summed E-state index contributed by atoms with van der Waals surface area (Å²) < 4.78 is 0. The number of aromatic amines is 2. The lowest BCUT2D eigenvalue weighted by Gasteiger charge is -2.07. The lowest BCUT2D eigenvalue weighted by Crippen LogP contribution is -2.27. The van der Waals surface area contributed by atoms with E-state index in [1.54, 1.807) is 0 Å². The molecule has 0 aliphatic rings. The van der Waals surface area contributed by atoms with Gasteiger partial charge in [-0.25, -0.2) is 4.79 Å². The van der Waals surface area contributed by atoms with Crippen LogP contribution in [0, 0.1) is 0 Å². The van der Waals surface area contributed by atoms with Crippen LogP contribution in [-0.2, 0) is 12.8 Å². The molecular formula is C17H16N2O2. The fourth-order valence-corrected chi connectivity index (χ4v) is 2.64. The van der Waals surface area contributed by atoms with E-state index in [4.69, 9.17) is 0 Å². The number of hydrogen-bond acceptors (Lipinski definition) is 2. The smallest absolute Gasteiger partial charge is 0.311 e. The Morgan fingerprint density at radius 3 is 2.48 bits per heavy atom. The van der Waals surface area contributed by atoms with E-state index in [0.29, 0.717) is 24.1 Å². The zero-order valence-corrected chi connectivity index (χ0v) is 11.8. The van der Waals surface area contributed by atoms with Crippen LogP contribution in [0.2, 0.25) is 0 Å². The highest BCUT2D eigenvalue weighted by Crippen LogP contribution is 2.17. The predicted molar refractivity (Wildman–Crippen MR) is 83.8 cm³/mol. The van der Waals surface area contributed by atoms with Crippen LogP contribution in [0.5, 0.6) is 0 Å². The van der Waals surface area contributed by atoms with Gasteiger partial charge in [-0.2, -0.15) is 0 Å². The molecule has 3 rings (SSSR count). The van der Waals surface area contributed by atoms with Crippen molar-refractivity contribution in [3.8, 4) is 0 Å². The molecule has 106 valence electrons. The van der Waals surface area contributed by atoms with Crippen LogP contribution >= 0.6 is 0 Å². The molecule has 0 aliphatic carbocycles. The van der Waals surface area contributed by atoms with Crippen LogP contribution in [0.15, 0.2) is 52.1 Å². The first kappa shape index (κ1) is 13.4. The molecule has 4 nitrogen and oxygen atoms in total. The van der Waals surface area contributed by atoms with Gasteiger partial charge in [-0.15, -0.1) is 0 Å². The van der Waals surface area contributed by atoms with Gasteiger partial charge >= 0.3 is 5.69 Å². The molecule has 0 aliphatic heterocycles. The molecule has 0 saturated heterocycles. The summed E-state index contributed by atoms with van der Waals surface area (Å²) in [6, 6.07) is 14.3. The van der Waals surface area contributed by atoms with Crippen molar-refractivity contribution in [3.05, 3.63) is 80.1 Å². The third-order valence-corrected chi connectivity index (χ3v) is 3.68. The zero-order chi connectivity index (χ0) is 14.8. The summed E-state index contributed by atoms with van der Waals surface area (Å²) in [5.41, 5.74) is 1.67. The first-order valence-corrected chi connectivity index (χ1v) is 6.99. The number of hydrogen-bond donors (Lipinski definition) is 2. The second-order valence-electron chi connectivity index (χ2n) is 5.08. The van der Waals surface area contributed by atoms with E-state index >= 15 is 0 Å². The fraction of sp³-hybridized carbons (Fsp3) is 0.176. The maximum absolute atomic E-state index is 11.8. The molecule has 0 atom stereocenters. The molecule has 2 aromatic carbocycles. The van der Waals surface area contributed by atoms with Gasteiger partial charge in [0.15, 0.2) is 0 Å². The van der Waals surface area contributed by atoms with E-state index in [1.807, 2.05) is 25.1 Å². The summed E-state index contributed by atoms with van der Waals surface area (Å²) in [7, 11) is 0. The Morgan fingerprint density at radius 2 is 1.71 bits per heavy atom. The maximum Gasteiger partial charge on any atom is 0.325 e. The summed E-state index contributed by atoms with van der Waals surface area (Å²) in [6.45, 7) is 1.91. The van der Waals surface area contributed by atoms with Gasteiger partial charge in [0, 0.05) is 17.7 Å². The molecule has 0 fully saturated rings. The van der Waals surface area contributed by atoms with E-state index in [-0.39, 0.29) is 5.56 Å². The first-order valence-electron chi connectivity index (χ1n) is 6.99. The van der Waals surface area contributed by atoms with E-state index in [2.05, 4.69) is 34.2 Å². The SMILES string of the molecule is CCc1c(Cc2ccc3ccccc3c2)[nH]c(=O)[nH]c1=O. The van der Waals surface area contributed by atoms with Crippen molar-refractivity contribution in [3.63, 3.8) is 0 Å². The molecule has 0 amide bonds. The Kier molecular flexibility index (Phi) is 3.44. The molecule has 0 unspecified atom stereocenters. The average molecular weight is 280 g/mol. The van der Waals surface area contributed by atoms with Crippen LogP contribution in [0.4, 0.5) is 0 Å². The molecule has 1 aromatic heterocycles. The summed E-state index contributed by atoms with van der Waals surface area (Å²) in [6.07, 6.45) is 1.14. The van der Waals surface area contributed by atoms with Crippen molar-refractivity contribution < 1.29 is 0 Å². The first-order chi connectivity index (χ1) is 10.2. The zero-order valence-electron chi connectivity index (χ0n) is 11.8. The van der Waals surface area contributed by atoms with Crippen molar-refractivity contribution in [2.45, 2.75) is 19.8 Å². The quantitative estimate of drug-likeness (QED) is 0.773. The molecule has 1 heterocycles. The Bertz CT molecular complexity index is 906. The number of H-pyrrole nitrogens is 2. The lowest BCUT2D eigenvalue weighted by molar-refractivity contribution is 0.890. The fourth-order valence-electron chi connectivity index (χ4n) is 2.64. The van der Waals surface area contributed by atoms with Gasteiger partial charge in [0.05, 0.1) is 0 Å². The topological polar surface area (TPSA) is 65.7 Å². The predicted octanol–water partition coefficient (Wildman–Crippen LogP) is 2.37. The summed E-state index contributed by atoms with van der Waals surface area (Å²) in [5, 5.41) is 2.33. The monoisotopic (exact) mass is 280 g/mol. The van der Waals surface area contributed by atoms with Crippen molar-refractivity contribution in [1.82, 2.24) is 9.97 Å². The molecule has 0 bridgehead atoms. The number of aromatic nitrogens is 2. The summed E-state index contributed by atoms with van der Waals surface area (Å²) >= 11 is 0. The van der Waals surface area contributed by atoms with Crippen molar-refractivity contribution in [2.24, 2.45) is 0 Å². The second-order valence-corrected chi connectivity index (χ2v) is 5.08. The Labute approximate surface area is 121 Å². The van der Waals surface area contributed by atoms with Gasteiger partial charge in [0.25, 0.3) is 5.56 Å². The minimum absolute atomic E-state index is 0.294. The van der Waals surface area contributed by atoms with Gasteiger partial charge < -0.3 is 4.98 Å². The van der Waals surface area contributed by atoms with Crippen molar-refractivity contribution in [2.75, 3.05) is 0 Å². The van der Waals surface area contributed by atoms with Crippen molar-refractivity contribution in [1.29, 1.82) is 0 Å². The van der Waals surface area contributed by atoms with Gasteiger partial charge in [-0.05, 0) is 22.8 Å². The second kappa shape index (κ2) is 5.40. The number of benzene rings is 2. The van der Waals surface area contributed by atoms with Gasteiger partial charge in [-0.3, -0.25) is 9.78 Å². The molecule has 2 N–H and O–H groups in total. The number of fused-ring (bicyclic) bond motifs is 1. The molecule has 0 spiro atoms. The number of nitrogens with one attached hydrogen (secondary N) is 2. The molecule has 0 saturated carbocycles. The molecule has 3 aromatic rings. The van der Waals surface area contributed by atoms with E-state index in [0.717, 1.165) is 10.9 Å². The highest BCUT2D eigenvalue weighted by atomic mass is 16.2. The number of rotatable bonds is 3. The van der Waals surface area contributed by atoms with Gasteiger partial charge in [-0.1, -0.05) is 49.4 Å². The van der Waals surface area contributed by atoms with Crippen LogP contribution in [0.3, 0.4) is 0 Å². The normalized spacial score (nSPS) is 10.9. The van der Waals surface area contributed by atoms with Crippen molar-refractivity contribution >= 4 is 10.8 Å².